The van der Waals surface area contributed by atoms with Crippen LogP contribution in [0.1, 0.15) is 31.2 Å². The molecule has 2 nitrogen and oxygen atoms in total. The lowest BCUT2D eigenvalue weighted by Crippen LogP contribution is -2.47. The van der Waals surface area contributed by atoms with Gasteiger partial charge in [0.05, 0.1) is 6.61 Å². The van der Waals surface area contributed by atoms with Crippen molar-refractivity contribution in [2.45, 2.75) is 43.0 Å². The lowest BCUT2D eigenvalue weighted by atomic mass is 9.87. The van der Waals surface area contributed by atoms with Crippen molar-refractivity contribution in [3.63, 3.8) is 0 Å². The van der Waals surface area contributed by atoms with Crippen molar-refractivity contribution in [2.24, 2.45) is 11.7 Å². The van der Waals surface area contributed by atoms with Gasteiger partial charge >= 0.3 is 0 Å². The second kappa shape index (κ2) is 6.09. The third-order valence-corrected chi connectivity index (χ3v) is 5.10. The first kappa shape index (κ1) is 13.9. The quantitative estimate of drug-likeness (QED) is 0.805. The van der Waals surface area contributed by atoms with Crippen molar-refractivity contribution in [1.82, 2.24) is 0 Å². The van der Waals surface area contributed by atoms with E-state index in [4.69, 9.17) is 5.73 Å². The van der Waals surface area contributed by atoms with Gasteiger partial charge in [0.25, 0.3) is 0 Å². The van der Waals surface area contributed by atoms with E-state index in [1.165, 1.54) is 16.9 Å². The van der Waals surface area contributed by atoms with Crippen LogP contribution in [0.5, 0.6) is 0 Å². The smallest absolute Gasteiger partial charge is 0.0613 e. The van der Waals surface area contributed by atoms with Gasteiger partial charge in [0, 0.05) is 10.4 Å². The minimum absolute atomic E-state index is 0.132. The Kier molecular flexibility index (Phi) is 4.71. The number of aliphatic hydroxyl groups excluding tert-OH is 1. The highest BCUT2D eigenvalue weighted by Gasteiger charge is 2.38. The SMILES string of the molecule is Cc1ccc(SCCC2CCCC2(N)CO)cc1. The summed E-state index contributed by atoms with van der Waals surface area (Å²) in [7, 11) is 0. The summed E-state index contributed by atoms with van der Waals surface area (Å²) in [6.45, 7) is 2.24. The van der Waals surface area contributed by atoms with Crippen LogP contribution in [0.4, 0.5) is 0 Å². The molecule has 0 spiro atoms. The Hall–Kier alpha value is -0.510. The third kappa shape index (κ3) is 3.28. The molecule has 1 fully saturated rings. The van der Waals surface area contributed by atoms with Crippen LogP contribution >= 0.6 is 11.8 Å². The van der Waals surface area contributed by atoms with Gasteiger partial charge in [-0.2, -0.15) is 0 Å². The Morgan fingerprint density at radius 2 is 2.11 bits per heavy atom. The van der Waals surface area contributed by atoms with Gasteiger partial charge in [0.1, 0.15) is 0 Å². The van der Waals surface area contributed by atoms with Crippen LogP contribution in [0, 0.1) is 12.8 Å². The molecule has 1 saturated carbocycles. The molecule has 1 aromatic carbocycles. The molecule has 0 amide bonds. The van der Waals surface area contributed by atoms with Crippen molar-refractivity contribution in [1.29, 1.82) is 0 Å². The van der Waals surface area contributed by atoms with E-state index >= 15 is 0 Å². The fourth-order valence-electron chi connectivity index (χ4n) is 2.76. The molecule has 0 saturated heterocycles. The first-order valence-corrected chi connectivity index (χ1v) is 7.72. The normalized spacial score (nSPS) is 27.6. The van der Waals surface area contributed by atoms with E-state index in [1.54, 1.807) is 0 Å². The summed E-state index contributed by atoms with van der Waals surface area (Å²) in [5, 5.41) is 9.41. The molecule has 2 atom stereocenters. The molecule has 0 radical (unpaired) electrons. The zero-order chi connectivity index (χ0) is 13.0. The molecular formula is C15H23NOS. The average Bonchev–Trinajstić information content (AvgIpc) is 2.74. The highest BCUT2D eigenvalue weighted by molar-refractivity contribution is 7.99. The van der Waals surface area contributed by atoms with E-state index in [0.717, 1.165) is 25.0 Å². The molecule has 0 aromatic heterocycles. The molecule has 1 aliphatic rings. The fraction of sp³-hybridized carbons (Fsp3) is 0.600. The van der Waals surface area contributed by atoms with Crippen molar-refractivity contribution in [3.8, 4) is 0 Å². The molecule has 1 aromatic rings. The summed E-state index contributed by atoms with van der Waals surface area (Å²) >= 11 is 1.89. The molecule has 0 bridgehead atoms. The van der Waals surface area contributed by atoms with E-state index in [1.807, 2.05) is 11.8 Å². The maximum atomic E-state index is 9.41. The average molecular weight is 265 g/mol. The highest BCUT2D eigenvalue weighted by atomic mass is 32.2. The monoisotopic (exact) mass is 265 g/mol. The third-order valence-electron chi connectivity index (χ3n) is 4.06. The maximum Gasteiger partial charge on any atom is 0.0613 e. The van der Waals surface area contributed by atoms with Gasteiger partial charge in [-0.1, -0.05) is 24.1 Å². The van der Waals surface area contributed by atoms with Gasteiger partial charge in [-0.25, -0.2) is 0 Å². The molecule has 1 aliphatic carbocycles. The van der Waals surface area contributed by atoms with Crippen molar-refractivity contribution < 1.29 is 5.11 Å². The van der Waals surface area contributed by atoms with Gasteiger partial charge < -0.3 is 10.8 Å². The molecule has 18 heavy (non-hydrogen) atoms. The molecule has 0 aliphatic heterocycles. The van der Waals surface area contributed by atoms with Crippen molar-refractivity contribution in [3.05, 3.63) is 29.8 Å². The molecule has 3 heteroatoms. The van der Waals surface area contributed by atoms with E-state index < -0.39 is 0 Å². The number of hydrogen-bond donors (Lipinski definition) is 2. The Labute approximate surface area is 114 Å². The van der Waals surface area contributed by atoms with Crippen LogP contribution in [0.25, 0.3) is 0 Å². The minimum atomic E-state index is -0.312. The zero-order valence-corrected chi connectivity index (χ0v) is 11.9. The van der Waals surface area contributed by atoms with Gasteiger partial charge in [0.15, 0.2) is 0 Å². The highest BCUT2D eigenvalue weighted by Crippen LogP contribution is 2.37. The molecule has 3 N–H and O–H groups in total. The Morgan fingerprint density at radius 3 is 2.78 bits per heavy atom. The predicted octanol–water partition coefficient (Wildman–Crippen LogP) is 2.97. The lowest BCUT2D eigenvalue weighted by Gasteiger charge is -2.29. The second-order valence-electron chi connectivity index (χ2n) is 5.43. The van der Waals surface area contributed by atoms with Crippen LogP contribution in [0.3, 0.4) is 0 Å². The molecule has 2 unspecified atom stereocenters. The number of aryl methyl sites for hydroxylation is 1. The maximum absolute atomic E-state index is 9.41. The van der Waals surface area contributed by atoms with E-state index in [9.17, 15) is 5.11 Å². The summed E-state index contributed by atoms with van der Waals surface area (Å²) in [4.78, 5) is 1.32. The number of aliphatic hydroxyl groups is 1. The first-order valence-electron chi connectivity index (χ1n) is 6.73. The summed E-state index contributed by atoms with van der Waals surface area (Å²) in [6.07, 6.45) is 4.42. The summed E-state index contributed by atoms with van der Waals surface area (Å²) in [5.41, 5.74) is 7.23. The number of nitrogens with two attached hydrogens (primary N) is 1. The standard InChI is InChI=1S/C15H23NOS/c1-12-4-6-14(7-5-12)18-10-8-13-3-2-9-15(13,16)11-17/h4-7,13,17H,2-3,8-11,16H2,1H3. The van der Waals surface area contributed by atoms with Crippen LogP contribution < -0.4 is 5.73 Å². The van der Waals surface area contributed by atoms with Crippen molar-refractivity contribution in [2.75, 3.05) is 12.4 Å². The van der Waals surface area contributed by atoms with Crippen LogP contribution in [0.15, 0.2) is 29.2 Å². The molecule has 0 heterocycles. The molecule has 2 rings (SSSR count). The molecular weight excluding hydrogens is 242 g/mol. The van der Waals surface area contributed by atoms with Gasteiger partial charge in [-0.3, -0.25) is 0 Å². The fourth-order valence-corrected chi connectivity index (χ4v) is 3.73. The second-order valence-corrected chi connectivity index (χ2v) is 6.60. The predicted molar refractivity (Wildman–Crippen MR) is 77.9 cm³/mol. The number of hydrogen-bond acceptors (Lipinski definition) is 3. The minimum Gasteiger partial charge on any atom is -0.394 e. The van der Waals surface area contributed by atoms with Crippen LogP contribution in [-0.2, 0) is 0 Å². The first-order chi connectivity index (χ1) is 8.64. The zero-order valence-electron chi connectivity index (χ0n) is 11.1. The van der Waals surface area contributed by atoms with Crippen molar-refractivity contribution >= 4 is 11.8 Å². The Morgan fingerprint density at radius 1 is 1.39 bits per heavy atom. The van der Waals surface area contributed by atoms with Gasteiger partial charge in [-0.05, 0) is 50.0 Å². The summed E-state index contributed by atoms with van der Waals surface area (Å²) < 4.78 is 0. The Balaban J connectivity index is 1.80. The lowest BCUT2D eigenvalue weighted by molar-refractivity contribution is 0.158. The van der Waals surface area contributed by atoms with Gasteiger partial charge in [-0.15, -0.1) is 11.8 Å². The van der Waals surface area contributed by atoms with E-state index in [0.29, 0.717) is 5.92 Å². The Bertz CT molecular complexity index is 379. The van der Waals surface area contributed by atoms with E-state index in [-0.39, 0.29) is 12.1 Å². The van der Waals surface area contributed by atoms with E-state index in [2.05, 4.69) is 31.2 Å². The van der Waals surface area contributed by atoms with Gasteiger partial charge in [0.2, 0.25) is 0 Å². The molecule has 100 valence electrons. The summed E-state index contributed by atoms with van der Waals surface area (Å²) in [6, 6.07) is 8.66. The largest absolute Gasteiger partial charge is 0.394 e. The summed E-state index contributed by atoms with van der Waals surface area (Å²) in [5.74, 6) is 1.58. The number of benzene rings is 1. The number of rotatable bonds is 5. The van der Waals surface area contributed by atoms with Crippen LogP contribution in [0.2, 0.25) is 0 Å². The van der Waals surface area contributed by atoms with Crippen LogP contribution in [-0.4, -0.2) is 23.0 Å². The topological polar surface area (TPSA) is 46.2 Å². The number of thioether (sulfide) groups is 1.